The molecule has 0 spiro atoms. The van der Waals surface area contributed by atoms with Crippen molar-refractivity contribution in [3.8, 4) is 0 Å². The molecule has 1 aliphatic rings. The zero-order valence-corrected chi connectivity index (χ0v) is 8.21. The van der Waals surface area contributed by atoms with Gasteiger partial charge in [0.05, 0.1) is 0 Å². The van der Waals surface area contributed by atoms with E-state index in [4.69, 9.17) is 5.73 Å². The van der Waals surface area contributed by atoms with E-state index in [1.54, 1.807) is 6.07 Å². The molecule has 1 aromatic rings. The van der Waals surface area contributed by atoms with Gasteiger partial charge in [0.1, 0.15) is 0 Å². The van der Waals surface area contributed by atoms with Crippen LogP contribution >= 0.6 is 0 Å². The zero-order chi connectivity index (χ0) is 10.1. The van der Waals surface area contributed by atoms with Gasteiger partial charge in [-0.25, -0.2) is 0 Å². The third-order valence-corrected chi connectivity index (χ3v) is 2.76. The molecule has 1 aromatic carbocycles. The second-order valence-corrected chi connectivity index (χ2v) is 3.66. The van der Waals surface area contributed by atoms with E-state index in [0.717, 1.165) is 24.1 Å². The van der Waals surface area contributed by atoms with Crippen LogP contribution in [0, 0.1) is 0 Å². The fourth-order valence-electron chi connectivity index (χ4n) is 1.91. The first-order chi connectivity index (χ1) is 6.72. The third kappa shape index (κ3) is 1.35. The standard InChI is InChI=1S/C11H14N2O/c1-2-7-6-13-11(14)10-5-8(12)3-4-9(7)10/h3-5,7H,2,6,12H2,1H3,(H,13,14)/t7-/m0/s1. The lowest BCUT2D eigenvalue weighted by atomic mass is 9.88. The Hall–Kier alpha value is -1.51. The minimum atomic E-state index is -0.00278. The number of rotatable bonds is 1. The first-order valence-corrected chi connectivity index (χ1v) is 4.90. The highest BCUT2D eigenvalue weighted by molar-refractivity contribution is 5.97. The highest BCUT2D eigenvalue weighted by atomic mass is 16.1. The quantitative estimate of drug-likeness (QED) is 0.659. The lowest BCUT2D eigenvalue weighted by Gasteiger charge is -2.24. The third-order valence-electron chi connectivity index (χ3n) is 2.76. The Kier molecular flexibility index (Phi) is 2.15. The lowest BCUT2D eigenvalue weighted by molar-refractivity contribution is 0.0940. The smallest absolute Gasteiger partial charge is 0.251 e. The molecule has 1 amide bonds. The van der Waals surface area contributed by atoms with Crippen molar-refractivity contribution in [2.24, 2.45) is 0 Å². The van der Waals surface area contributed by atoms with Crippen molar-refractivity contribution >= 4 is 11.6 Å². The predicted octanol–water partition coefficient (Wildman–Crippen LogP) is 1.51. The van der Waals surface area contributed by atoms with E-state index in [-0.39, 0.29) is 5.91 Å². The number of benzene rings is 1. The Morgan fingerprint density at radius 3 is 3.07 bits per heavy atom. The molecule has 0 aliphatic carbocycles. The minimum Gasteiger partial charge on any atom is -0.399 e. The van der Waals surface area contributed by atoms with Crippen molar-refractivity contribution in [2.45, 2.75) is 19.3 Å². The molecule has 0 unspecified atom stereocenters. The largest absolute Gasteiger partial charge is 0.399 e. The van der Waals surface area contributed by atoms with Crippen LogP contribution in [-0.4, -0.2) is 12.5 Å². The normalized spacial score (nSPS) is 20.1. The molecule has 3 heteroatoms. The van der Waals surface area contributed by atoms with Crippen molar-refractivity contribution in [1.29, 1.82) is 0 Å². The number of nitrogens with one attached hydrogen (secondary N) is 1. The summed E-state index contributed by atoms with van der Waals surface area (Å²) in [5.74, 6) is 0.431. The zero-order valence-electron chi connectivity index (χ0n) is 8.21. The van der Waals surface area contributed by atoms with Gasteiger partial charge in [-0.15, -0.1) is 0 Å². The van der Waals surface area contributed by atoms with Crippen LogP contribution in [0.4, 0.5) is 5.69 Å². The molecular formula is C11H14N2O. The van der Waals surface area contributed by atoms with Crippen LogP contribution in [0.1, 0.15) is 35.2 Å². The fourth-order valence-corrected chi connectivity index (χ4v) is 1.91. The molecule has 0 radical (unpaired) electrons. The summed E-state index contributed by atoms with van der Waals surface area (Å²) in [7, 11) is 0. The summed E-state index contributed by atoms with van der Waals surface area (Å²) in [5, 5.41) is 2.87. The number of hydrogen-bond acceptors (Lipinski definition) is 2. The van der Waals surface area contributed by atoms with Gasteiger partial charge < -0.3 is 11.1 Å². The average molecular weight is 190 g/mol. The molecule has 0 saturated heterocycles. The monoisotopic (exact) mass is 190 g/mol. The maximum absolute atomic E-state index is 11.5. The predicted molar refractivity (Wildman–Crippen MR) is 56.2 cm³/mol. The van der Waals surface area contributed by atoms with Crippen molar-refractivity contribution in [3.63, 3.8) is 0 Å². The van der Waals surface area contributed by atoms with Crippen LogP contribution in [-0.2, 0) is 0 Å². The van der Waals surface area contributed by atoms with Crippen molar-refractivity contribution in [2.75, 3.05) is 12.3 Å². The first kappa shape index (κ1) is 9.06. The Labute approximate surface area is 83.3 Å². The topological polar surface area (TPSA) is 55.1 Å². The van der Waals surface area contributed by atoms with Crippen LogP contribution in [0.3, 0.4) is 0 Å². The molecule has 0 aromatic heterocycles. The van der Waals surface area contributed by atoms with Gasteiger partial charge in [-0.05, 0) is 24.1 Å². The molecule has 1 atom stereocenters. The number of carbonyl (C=O) groups is 1. The molecule has 2 rings (SSSR count). The fraction of sp³-hybridized carbons (Fsp3) is 0.364. The van der Waals surface area contributed by atoms with E-state index in [1.807, 2.05) is 12.1 Å². The Bertz CT molecular complexity index is 374. The number of amides is 1. The van der Waals surface area contributed by atoms with Gasteiger partial charge in [0, 0.05) is 23.7 Å². The molecule has 14 heavy (non-hydrogen) atoms. The SMILES string of the molecule is CC[C@H]1CNC(=O)c2cc(N)ccc21. The Balaban J connectivity index is 2.51. The summed E-state index contributed by atoms with van der Waals surface area (Å²) >= 11 is 0. The number of carbonyl (C=O) groups excluding carboxylic acids is 1. The number of anilines is 1. The molecule has 3 nitrogen and oxygen atoms in total. The summed E-state index contributed by atoms with van der Waals surface area (Å²) in [4.78, 5) is 11.5. The van der Waals surface area contributed by atoms with Gasteiger partial charge in [-0.2, -0.15) is 0 Å². The summed E-state index contributed by atoms with van der Waals surface area (Å²) in [6, 6.07) is 5.59. The van der Waals surface area contributed by atoms with Crippen LogP contribution in [0.25, 0.3) is 0 Å². The molecule has 0 fully saturated rings. The molecule has 1 heterocycles. The molecule has 74 valence electrons. The molecule has 0 bridgehead atoms. The van der Waals surface area contributed by atoms with E-state index < -0.39 is 0 Å². The van der Waals surface area contributed by atoms with E-state index in [1.165, 1.54) is 0 Å². The summed E-state index contributed by atoms with van der Waals surface area (Å²) < 4.78 is 0. The number of nitrogens with two attached hydrogens (primary N) is 1. The highest BCUT2D eigenvalue weighted by Gasteiger charge is 2.23. The van der Waals surface area contributed by atoms with Crippen LogP contribution in [0.15, 0.2) is 18.2 Å². The molecule has 3 N–H and O–H groups in total. The van der Waals surface area contributed by atoms with Crippen molar-refractivity contribution in [3.05, 3.63) is 29.3 Å². The van der Waals surface area contributed by atoms with Gasteiger partial charge in [-0.3, -0.25) is 4.79 Å². The second-order valence-electron chi connectivity index (χ2n) is 3.66. The van der Waals surface area contributed by atoms with Gasteiger partial charge in [0.25, 0.3) is 5.91 Å². The van der Waals surface area contributed by atoms with Crippen LogP contribution < -0.4 is 11.1 Å². The summed E-state index contributed by atoms with van der Waals surface area (Å²) in [5.41, 5.74) is 8.17. The average Bonchev–Trinajstić information content (AvgIpc) is 2.19. The molecular weight excluding hydrogens is 176 g/mol. The van der Waals surface area contributed by atoms with E-state index in [0.29, 0.717) is 11.6 Å². The Morgan fingerprint density at radius 1 is 1.57 bits per heavy atom. The number of nitrogen functional groups attached to an aromatic ring is 1. The van der Waals surface area contributed by atoms with E-state index in [2.05, 4.69) is 12.2 Å². The molecule has 0 saturated carbocycles. The number of hydrogen-bond donors (Lipinski definition) is 2. The van der Waals surface area contributed by atoms with Gasteiger partial charge in [0.15, 0.2) is 0 Å². The maximum atomic E-state index is 11.5. The summed E-state index contributed by atoms with van der Waals surface area (Å²) in [6.07, 6.45) is 1.04. The maximum Gasteiger partial charge on any atom is 0.251 e. The molecule has 1 aliphatic heterocycles. The van der Waals surface area contributed by atoms with E-state index in [9.17, 15) is 4.79 Å². The van der Waals surface area contributed by atoms with E-state index >= 15 is 0 Å². The minimum absolute atomic E-state index is 0.00278. The Morgan fingerprint density at radius 2 is 2.36 bits per heavy atom. The second kappa shape index (κ2) is 3.33. The van der Waals surface area contributed by atoms with Crippen molar-refractivity contribution in [1.82, 2.24) is 5.32 Å². The number of fused-ring (bicyclic) bond motifs is 1. The van der Waals surface area contributed by atoms with Gasteiger partial charge >= 0.3 is 0 Å². The van der Waals surface area contributed by atoms with Crippen LogP contribution in [0.2, 0.25) is 0 Å². The highest BCUT2D eigenvalue weighted by Crippen LogP contribution is 2.27. The van der Waals surface area contributed by atoms with Gasteiger partial charge in [-0.1, -0.05) is 13.0 Å². The van der Waals surface area contributed by atoms with Crippen LogP contribution in [0.5, 0.6) is 0 Å². The summed E-state index contributed by atoms with van der Waals surface area (Å²) in [6.45, 7) is 2.87. The first-order valence-electron chi connectivity index (χ1n) is 4.90. The van der Waals surface area contributed by atoms with Crippen molar-refractivity contribution < 1.29 is 4.79 Å². The lowest BCUT2D eigenvalue weighted by Crippen LogP contribution is -2.34. The van der Waals surface area contributed by atoms with Gasteiger partial charge in [0.2, 0.25) is 0 Å².